The number of nitrogens with two attached hydrogens (primary N) is 1. The number of hydrazine groups is 1. The topological polar surface area (TPSA) is 117 Å². The van der Waals surface area contributed by atoms with Crippen LogP contribution in [-0.2, 0) is 15.8 Å². The molecule has 5 N–H and O–H groups in total. The van der Waals surface area contributed by atoms with Gasteiger partial charge in [-0.3, -0.25) is 5.43 Å². The van der Waals surface area contributed by atoms with Crippen LogP contribution in [0.2, 0.25) is 0 Å². The Morgan fingerprint density at radius 3 is 2.74 bits per heavy atom. The Balaban J connectivity index is 1.61. The lowest BCUT2D eigenvalue weighted by Gasteiger charge is -2.43. The Bertz CT molecular complexity index is 964. The number of nitrogens with one attached hydrogen (secondary N) is 1. The molecule has 1 aliphatic carbocycles. The molecule has 1 aliphatic heterocycles. The highest BCUT2D eigenvalue weighted by molar-refractivity contribution is 5.77. The average molecular weight is 489 g/mol. The van der Waals surface area contributed by atoms with Gasteiger partial charge in [0.1, 0.15) is 5.52 Å². The molecule has 0 unspecified atom stereocenters. The molecule has 8 heteroatoms. The van der Waals surface area contributed by atoms with Crippen LogP contribution >= 0.6 is 0 Å². The molecule has 1 aromatic carbocycles. The van der Waals surface area contributed by atoms with Gasteiger partial charge in [0.25, 0.3) is 0 Å². The SMILES string of the molecule is COCCCC[C@@](O)(c1cccc2nc(C(C)(C)C)oc12)[C@@H]1CCCN(N[C@H]2C[C@@H](N)[C@@H](O)C2)C1. The van der Waals surface area contributed by atoms with Crippen molar-refractivity contribution in [1.82, 2.24) is 15.4 Å². The van der Waals surface area contributed by atoms with Crippen molar-refractivity contribution in [2.75, 3.05) is 26.8 Å². The first-order valence-electron chi connectivity index (χ1n) is 13.2. The number of aliphatic hydroxyl groups is 2. The van der Waals surface area contributed by atoms with Crippen LogP contribution < -0.4 is 11.2 Å². The lowest BCUT2D eigenvalue weighted by molar-refractivity contribution is -0.0715. The molecular weight excluding hydrogens is 444 g/mol. The number of para-hydroxylation sites is 1. The lowest BCUT2D eigenvalue weighted by atomic mass is 9.74. The van der Waals surface area contributed by atoms with Crippen LogP contribution in [0.1, 0.15) is 77.2 Å². The fourth-order valence-corrected chi connectivity index (χ4v) is 5.71. The number of nitrogens with zero attached hydrogens (tertiary/aromatic N) is 2. The summed E-state index contributed by atoms with van der Waals surface area (Å²) in [5, 5.41) is 24.7. The van der Waals surface area contributed by atoms with Gasteiger partial charge in [-0.05, 0) is 51.0 Å². The summed E-state index contributed by atoms with van der Waals surface area (Å²) in [6.07, 6.45) is 5.27. The molecule has 1 aromatic heterocycles. The third-order valence-corrected chi connectivity index (χ3v) is 7.72. The summed E-state index contributed by atoms with van der Waals surface area (Å²) in [6, 6.07) is 5.95. The minimum absolute atomic E-state index is 0.0279. The Labute approximate surface area is 209 Å². The number of fused-ring (bicyclic) bond motifs is 1. The smallest absolute Gasteiger partial charge is 0.200 e. The van der Waals surface area contributed by atoms with Gasteiger partial charge >= 0.3 is 0 Å². The predicted octanol–water partition coefficient (Wildman–Crippen LogP) is 3.20. The van der Waals surface area contributed by atoms with E-state index in [0.29, 0.717) is 30.9 Å². The fourth-order valence-electron chi connectivity index (χ4n) is 5.71. The minimum Gasteiger partial charge on any atom is -0.440 e. The molecule has 5 atom stereocenters. The Hall–Kier alpha value is -1.55. The van der Waals surface area contributed by atoms with Crippen LogP contribution in [0.5, 0.6) is 0 Å². The van der Waals surface area contributed by atoms with E-state index in [-0.39, 0.29) is 23.4 Å². The molecule has 2 fully saturated rings. The first kappa shape index (κ1) is 26.5. The lowest BCUT2D eigenvalue weighted by Crippen LogP contribution is -2.53. The number of aliphatic hydroxyl groups excluding tert-OH is 1. The summed E-state index contributed by atoms with van der Waals surface area (Å²) in [6.45, 7) is 8.58. The molecule has 2 aromatic rings. The molecule has 8 nitrogen and oxygen atoms in total. The van der Waals surface area contributed by atoms with E-state index in [1.807, 2.05) is 18.2 Å². The standard InChI is InChI=1S/C27H44N4O4/c1-26(2,3)25-29-22-11-7-10-20(24(22)35-25)27(33,12-5-6-14-34-4)18-9-8-13-31(17-18)30-19-15-21(28)23(32)16-19/h7,10-11,18-19,21,23,30,32-33H,5-6,8-9,12-17,28H2,1-4H3/t18-,19+,21-,23+,27+/m1/s1. The molecule has 196 valence electrons. The van der Waals surface area contributed by atoms with E-state index in [2.05, 4.69) is 31.2 Å². The molecule has 0 radical (unpaired) electrons. The highest BCUT2D eigenvalue weighted by atomic mass is 16.5. The monoisotopic (exact) mass is 488 g/mol. The van der Waals surface area contributed by atoms with E-state index in [1.165, 1.54) is 0 Å². The normalized spacial score (nSPS) is 28.0. The van der Waals surface area contributed by atoms with Crippen molar-refractivity contribution in [3.8, 4) is 0 Å². The van der Waals surface area contributed by atoms with Crippen LogP contribution in [0.25, 0.3) is 11.1 Å². The summed E-state index contributed by atoms with van der Waals surface area (Å²) in [5.41, 5.74) is 10.7. The Kier molecular flexibility index (Phi) is 8.20. The maximum Gasteiger partial charge on any atom is 0.200 e. The number of unbranched alkanes of at least 4 members (excludes halogenated alkanes) is 1. The van der Waals surface area contributed by atoms with Crippen LogP contribution in [0.3, 0.4) is 0 Å². The number of rotatable bonds is 9. The summed E-state index contributed by atoms with van der Waals surface area (Å²) in [4.78, 5) is 4.75. The second kappa shape index (κ2) is 10.8. The van der Waals surface area contributed by atoms with Crippen LogP contribution in [0.15, 0.2) is 22.6 Å². The third kappa shape index (κ3) is 5.89. The first-order chi connectivity index (χ1) is 16.6. The van der Waals surface area contributed by atoms with Gasteiger partial charge in [-0.15, -0.1) is 0 Å². The average Bonchev–Trinajstić information content (AvgIpc) is 3.39. The zero-order valence-corrected chi connectivity index (χ0v) is 21.8. The Morgan fingerprint density at radius 2 is 2.06 bits per heavy atom. The minimum atomic E-state index is -1.05. The molecule has 1 saturated carbocycles. The van der Waals surface area contributed by atoms with Crippen LogP contribution in [-0.4, -0.2) is 65.2 Å². The zero-order chi connectivity index (χ0) is 25.2. The third-order valence-electron chi connectivity index (χ3n) is 7.72. The van der Waals surface area contributed by atoms with Gasteiger partial charge in [0, 0.05) is 55.8 Å². The summed E-state index contributed by atoms with van der Waals surface area (Å²) in [7, 11) is 1.71. The zero-order valence-electron chi connectivity index (χ0n) is 21.8. The van der Waals surface area contributed by atoms with E-state index in [9.17, 15) is 10.2 Å². The van der Waals surface area contributed by atoms with Crippen molar-refractivity contribution in [3.63, 3.8) is 0 Å². The van der Waals surface area contributed by atoms with Crippen molar-refractivity contribution in [2.45, 2.75) is 94.9 Å². The molecule has 1 saturated heterocycles. The van der Waals surface area contributed by atoms with E-state index in [0.717, 1.165) is 56.3 Å². The van der Waals surface area contributed by atoms with E-state index >= 15 is 0 Å². The fraction of sp³-hybridized carbons (Fsp3) is 0.741. The second-order valence-corrected chi connectivity index (χ2v) is 11.6. The molecule has 4 rings (SSSR count). The van der Waals surface area contributed by atoms with Gasteiger partial charge < -0.3 is 25.1 Å². The molecule has 0 amide bonds. The van der Waals surface area contributed by atoms with Crippen molar-refractivity contribution in [2.24, 2.45) is 11.7 Å². The van der Waals surface area contributed by atoms with Crippen LogP contribution in [0.4, 0.5) is 0 Å². The quantitative estimate of drug-likeness (QED) is 0.398. The van der Waals surface area contributed by atoms with Gasteiger partial charge in [0.05, 0.1) is 11.7 Å². The van der Waals surface area contributed by atoms with Gasteiger partial charge in [-0.25, -0.2) is 9.99 Å². The Morgan fingerprint density at radius 1 is 1.26 bits per heavy atom. The highest BCUT2D eigenvalue weighted by Gasteiger charge is 2.43. The van der Waals surface area contributed by atoms with Crippen molar-refractivity contribution >= 4 is 11.1 Å². The summed E-state index contributed by atoms with van der Waals surface area (Å²) in [5.74, 6) is 0.713. The highest BCUT2D eigenvalue weighted by Crippen LogP contribution is 2.43. The van der Waals surface area contributed by atoms with E-state index in [4.69, 9.17) is 19.9 Å². The molecular formula is C27H44N4O4. The largest absolute Gasteiger partial charge is 0.440 e. The maximum absolute atomic E-state index is 12.4. The van der Waals surface area contributed by atoms with Gasteiger partial charge in [0.15, 0.2) is 5.58 Å². The number of oxazole rings is 1. The van der Waals surface area contributed by atoms with E-state index < -0.39 is 11.7 Å². The van der Waals surface area contributed by atoms with Gasteiger partial charge in [-0.1, -0.05) is 32.9 Å². The molecule has 0 bridgehead atoms. The molecule has 35 heavy (non-hydrogen) atoms. The number of piperidine rings is 1. The van der Waals surface area contributed by atoms with Gasteiger partial charge in [0.2, 0.25) is 5.89 Å². The number of hydrogen-bond donors (Lipinski definition) is 4. The molecule has 2 aliphatic rings. The number of ether oxygens (including phenoxy) is 1. The molecule has 2 heterocycles. The number of benzene rings is 1. The van der Waals surface area contributed by atoms with Crippen molar-refractivity contribution in [3.05, 3.63) is 29.7 Å². The molecule has 0 spiro atoms. The maximum atomic E-state index is 12.4. The predicted molar refractivity (Wildman–Crippen MR) is 137 cm³/mol. The van der Waals surface area contributed by atoms with Crippen molar-refractivity contribution in [1.29, 1.82) is 0 Å². The van der Waals surface area contributed by atoms with Crippen molar-refractivity contribution < 1.29 is 19.4 Å². The number of methoxy groups -OCH3 is 1. The van der Waals surface area contributed by atoms with E-state index in [1.54, 1.807) is 7.11 Å². The van der Waals surface area contributed by atoms with Crippen LogP contribution in [0, 0.1) is 5.92 Å². The number of aromatic nitrogens is 1. The summed E-state index contributed by atoms with van der Waals surface area (Å²) >= 11 is 0. The first-order valence-corrected chi connectivity index (χ1v) is 13.2. The number of hydrogen-bond acceptors (Lipinski definition) is 8. The summed E-state index contributed by atoms with van der Waals surface area (Å²) < 4.78 is 11.6. The van der Waals surface area contributed by atoms with Gasteiger partial charge in [-0.2, -0.15) is 0 Å². The second-order valence-electron chi connectivity index (χ2n) is 11.6.